The third-order valence-electron chi connectivity index (χ3n) is 4.13. The van der Waals surface area contributed by atoms with Crippen LogP contribution in [0.1, 0.15) is 0 Å². The van der Waals surface area contributed by atoms with Crippen molar-refractivity contribution in [3.8, 4) is 22.3 Å². The van der Waals surface area contributed by atoms with Crippen LogP contribution in [0.25, 0.3) is 22.3 Å². The number of carbonyl (C=O) groups is 2. The van der Waals surface area contributed by atoms with E-state index in [1.807, 2.05) is 24.3 Å². The Bertz CT molecular complexity index is 925. The molecule has 0 saturated heterocycles. The van der Waals surface area contributed by atoms with Crippen molar-refractivity contribution in [2.24, 2.45) is 0 Å². The van der Waals surface area contributed by atoms with Crippen molar-refractivity contribution in [1.82, 2.24) is 0 Å². The van der Waals surface area contributed by atoms with Gasteiger partial charge in [0.15, 0.2) is 0 Å². The van der Waals surface area contributed by atoms with Gasteiger partial charge in [-0.3, -0.25) is 0 Å². The summed E-state index contributed by atoms with van der Waals surface area (Å²) in [6.07, 6.45) is 1.12. The summed E-state index contributed by atoms with van der Waals surface area (Å²) in [4.78, 5) is 19.1. The van der Waals surface area contributed by atoms with Gasteiger partial charge in [0.1, 0.15) is 0 Å². The average Bonchev–Trinajstić information content (AvgIpc) is 2.86. The fourth-order valence-corrected chi connectivity index (χ4v) is 2.66. The molecule has 0 amide bonds. The molecule has 0 aliphatic heterocycles. The van der Waals surface area contributed by atoms with Gasteiger partial charge in [-0.15, -0.1) is 0 Å². The van der Waals surface area contributed by atoms with E-state index < -0.39 is 11.9 Å². The van der Waals surface area contributed by atoms with Crippen LogP contribution in [0, 0.1) is 0 Å². The van der Waals surface area contributed by atoms with Crippen molar-refractivity contribution in [2.45, 2.75) is 0 Å². The lowest BCUT2D eigenvalue weighted by Gasteiger charge is -1.98. The van der Waals surface area contributed by atoms with Crippen LogP contribution in [0.4, 0.5) is 0 Å². The maximum absolute atomic E-state index is 9.55. The first kappa shape index (κ1) is 23.8. The van der Waals surface area contributed by atoms with Crippen LogP contribution in [0.2, 0.25) is 0 Å². The van der Waals surface area contributed by atoms with Gasteiger partial charge in [0, 0.05) is 12.2 Å². The molecule has 0 unspecified atom stereocenters. The van der Waals surface area contributed by atoms with Crippen molar-refractivity contribution in [2.75, 3.05) is 0 Å². The number of aliphatic carboxylic acids is 2. The summed E-state index contributed by atoms with van der Waals surface area (Å²) in [5.41, 5.74) is 5.10. The highest BCUT2D eigenvalue weighted by atomic mass is 16.4. The van der Waals surface area contributed by atoms with E-state index in [-0.39, 0.29) is 0 Å². The highest BCUT2D eigenvalue weighted by Gasteiger charge is 1.93. The topological polar surface area (TPSA) is 74.6 Å². The van der Waals surface area contributed by atoms with E-state index in [1.54, 1.807) is 0 Å². The molecule has 0 spiro atoms. The molecule has 2 N–H and O–H groups in total. The summed E-state index contributed by atoms with van der Waals surface area (Å²) in [6, 6.07) is 41.6. The Morgan fingerprint density at radius 3 is 0.750 bits per heavy atom. The van der Waals surface area contributed by atoms with E-state index in [9.17, 15) is 9.59 Å². The molecular formula is C28H24O4. The fraction of sp³-hybridized carbons (Fsp3) is 0. The van der Waals surface area contributed by atoms with Gasteiger partial charge in [0.25, 0.3) is 0 Å². The molecule has 0 aliphatic rings. The molecule has 0 aromatic heterocycles. The van der Waals surface area contributed by atoms with Crippen molar-refractivity contribution in [3.05, 3.63) is 133 Å². The molecule has 4 nitrogen and oxygen atoms in total. The Morgan fingerprint density at radius 1 is 0.406 bits per heavy atom. The second-order valence-electron chi connectivity index (χ2n) is 6.47. The summed E-state index contributed by atoms with van der Waals surface area (Å²) >= 11 is 0. The number of hydrogen-bond acceptors (Lipinski definition) is 2. The Kier molecular flexibility index (Phi) is 10.2. The molecule has 4 heteroatoms. The summed E-state index contributed by atoms with van der Waals surface area (Å²) < 4.78 is 0. The normalized spacial score (nSPS) is 9.62. The second-order valence-corrected chi connectivity index (χ2v) is 6.47. The van der Waals surface area contributed by atoms with Gasteiger partial charge in [-0.05, 0) is 22.3 Å². The van der Waals surface area contributed by atoms with Crippen molar-refractivity contribution < 1.29 is 19.8 Å². The van der Waals surface area contributed by atoms with Gasteiger partial charge in [0.2, 0.25) is 0 Å². The zero-order valence-electron chi connectivity index (χ0n) is 17.4. The maximum atomic E-state index is 9.55. The van der Waals surface area contributed by atoms with Crippen LogP contribution < -0.4 is 0 Å². The van der Waals surface area contributed by atoms with E-state index in [0.29, 0.717) is 12.2 Å². The smallest absolute Gasteiger partial charge is 0.328 e. The summed E-state index contributed by atoms with van der Waals surface area (Å²) in [5.74, 6) is -2.51. The zero-order valence-corrected chi connectivity index (χ0v) is 17.4. The van der Waals surface area contributed by atoms with Crippen molar-refractivity contribution in [3.63, 3.8) is 0 Å². The van der Waals surface area contributed by atoms with E-state index in [1.165, 1.54) is 22.3 Å². The van der Waals surface area contributed by atoms with Gasteiger partial charge < -0.3 is 10.2 Å². The summed E-state index contributed by atoms with van der Waals surface area (Å²) in [5, 5.41) is 15.6. The molecule has 0 heterocycles. The molecule has 4 aromatic carbocycles. The van der Waals surface area contributed by atoms with Crippen LogP contribution in [0.15, 0.2) is 133 Å². The molecule has 0 bridgehead atoms. The summed E-state index contributed by atoms with van der Waals surface area (Å²) in [7, 11) is 0. The minimum absolute atomic E-state index is 0.558. The van der Waals surface area contributed by atoms with E-state index in [2.05, 4.69) is 97.1 Å². The maximum Gasteiger partial charge on any atom is 0.328 e. The minimum atomic E-state index is -1.26. The Hall–Kier alpha value is -4.44. The quantitative estimate of drug-likeness (QED) is 0.371. The van der Waals surface area contributed by atoms with E-state index in [0.717, 1.165) is 0 Å². The number of hydrogen-bond donors (Lipinski definition) is 2. The SMILES string of the molecule is O=C(O)C=CC(=O)O.c1ccc(-c2ccccc2)cc1.c1ccc(-c2ccccc2)cc1. The van der Waals surface area contributed by atoms with Crippen LogP contribution in [0.5, 0.6) is 0 Å². The van der Waals surface area contributed by atoms with Gasteiger partial charge in [0.05, 0.1) is 0 Å². The molecule has 0 atom stereocenters. The predicted octanol–water partition coefficient (Wildman–Crippen LogP) is 6.42. The van der Waals surface area contributed by atoms with Gasteiger partial charge in [-0.1, -0.05) is 121 Å². The second kappa shape index (κ2) is 13.7. The first-order chi connectivity index (χ1) is 15.6. The monoisotopic (exact) mass is 424 g/mol. The highest BCUT2D eigenvalue weighted by molar-refractivity contribution is 5.89. The molecule has 4 rings (SSSR count). The highest BCUT2D eigenvalue weighted by Crippen LogP contribution is 2.18. The fourth-order valence-electron chi connectivity index (χ4n) is 2.66. The molecule has 160 valence electrons. The van der Waals surface area contributed by atoms with Crippen LogP contribution in [0.3, 0.4) is 0 Å². The lowest BCUT2D eigenvalue weighted by Crippen LogP contribution is -1.91. The minimum Gasteiger partial charge on any atom is -0.478 e. The zero-order chi connectivity index (χ0) is 23.0. The number of rotatable bonds is 4. The Balaban J connectivity index is 0.000000175. The van der Waals surface area contributed by atoms with E-state index in [4.69, 9.17) is 10.2 Å². The van der Waals surface area contributed by atoms with Crippen LogP contribution >= 0.6 is 0 Å². The predicted molar refractivity (Wildman–Crippen MR) is 128 cm³/mol. The molecular weight excluding hydrogens is 400 g/mol. The molecule has 0 saturated carbocycles. The Morgan fingerprint density at radius 2 is 0.594 bits per heavy atom. The standard InChI is InChI=1S/2C12H10.C4H4O4/c2*1-3-7-11(8-4-1)12-9-5-2-6-10-12;5-3(6)1-2-4(7)8/h2*1-10H;1-2H,(H,5,6)(H,7,8). The van der Waals surface area contributed by atoms with Gasteiger partial charge in [-0.25, -0.2) is 9.59 Å². The molecule has 0 aliphatic carbocycles. The number of benzene rings is 4. The van der Waals surface area contributed by atoms with Gasteiger partial charge >= 0.3 is 11.9 Å². The number of carboxylic acids is 2. The van der Waals surface area contributed by atoms with Crippen molar-refractivity contribution in [1.29, 1.82) is 0 Å². The Labute approximate surface area is 187 Å². The molecule has 0 radical (unpaired) electrons. The third-order valence-corrected chi connectivity index (χ3v) is 4.13. The van der Waals surface area contributed by atoms with Crippen molar-refractivity contribution >= 4 is 11.9 Å². The first-order valence-electron chi connectivity index (χ1n) is 9.91. The molecule has 32 heavy (non-hydrogen) atoms. The summed E-state index contributed by atoms with van der Waals surface area (Å²) in [6.45, 7) is 0. The molecule has 4 aromatic rings. The average molecular weight is 424 g/mol. The third kappa shape index (κ3) is 9.37. The van der Waals surface area contributed by atoms with Crippen LogP contribution in [-0.2, 0) is 9.59 Å². The van der Waals surface area contributed by atoms with Gasteiger partial charge in [-0.2, -0.15) is 0 Å². The van der Waals surface area contributed by atoms with E-state index >= 15 is 0 Å². The molecule has 0 fully saturated rings. The van der Waals surface area contributed by atoms with Crippen LogP contribution in [-0.4, -0.2) is 22.2 Å². The largest absolute Gasteiger partial charge is 0.478 e. The first-order valence-corrected chi connectivity index (χ1v) is 9.91. The lowest BCUT2D eigenvalue weighted by atomic mass is 10.1. The lowest BCUT2D eigenvalue weighted by molar-refractivity contribution is -0.134. The number of carboxylic acid groups (broad SMARTS) is 2.